The second-order valence-corrected chi connectivity index (χ2v) is 2.13. The lowest BCUT2D eigenvalue weighted by Gasteiger charge is -1.92. The van der Waals surface area contributed by atoms with E-state index < -0.39 is 0 Å². The molecule has 0 amide bonds. The Balaban J connectivity index is 0. The molecular formula is C8H16BrN2+. The van der Waals surface area contributed by atoms with Gasteiger partial charge in [0.05, 0.1) is 0 Å². The largest absolute Gasteiger partial charge is 0.344 e. The van der Waals surface area contributed by atoms with Gasteiger partial charge in [0.1, 0.15) is 6.54 Å². The van der Waals surface area contributed by atoms with Gasteiger partial charge in [-0.15, -0.1) is 17.0 Å². The van der Waals surface area contributed by atoms with Crippen molar-refractivity contribution in [3.8, 4) is 0 Å². The Morgan fingerprint density at radius 1 is 1.36 bits per heavy atom. The average molecular weight is 220 g/mol. The van der Waals surface area contributed by atoms with Gasteiger partial charge in [0.25, 0.3) is 0 Å². The molecule has 0 saturated heterocycles. The minimum absolute atomic E-state index is 0. The summed E-state index contributed by atoms with van der Waals surface area (Å²) in [6, 6.07) is 6.22. The molecule has 0 bridgehead atoms. The second kappa shape index (κ2) is 6.31. The first kappa shape index (κ1) is 13.2. The van der Waals surface area contributed by atoms with E-state index in [1.54, 1.807) is 0 Å². The van der Waals surface area contributed by atoms with Gasteiger partial charge in [-0.25, -0.2) is 4.57 Å². The van der Waals surface area contributed by atoms with Gasteiger partial charge < -0.3 is 6.15 Å². The average Bonchev–Trinajstić information content (AvgIpc) is 1.89. The quantitative estimate of drug-likeness (QED) is 0.722. The molecule has 1 aromatic heterocycles. The zero-order chi connectivity index (χ0) is 6.69. The maximum atomic E-state index is 2.21. The third-order valence-corrected chi connectivity index (χ3v) is 1.51. The van der Waals surface area contributed by atoms with E-state index in [2.05, 4.69) is 42.8 Å². The number of hydrogen-bond donors (Lipinski definition) is 1. The van der Waals surface area contributed by atoms with E-state index in [4.69, 9.17) is 0 Å². The molecule has 1 aromatic rings. The van der Waals surface area contributed by atoms with Crippen molar-refractivity contribution in [1.29, 1.82) is 0 Å². The normalized spacial score (nSPS) is 7.82. The van der Waals surface area contributed by atoms with Crippen LogP contribution in [0.3, 0.4) is 0 Å². The second-order valence-electron chi connectivity index (χ2n) is 2.13. The van der Waals surface area contributed by atoms with Crippen LogP contribution in [0.4, 0.5) is 0 Å². The summed E-state index contributed by atoms with van der Waals surface area (Å²) in [7, 11) is 0. The lowest BCUT2D eigenvalue weighted by atomic mass is 10.4. The molecule has 0 aliphatic carbocycles. The van der Waals surface area contributed by atoms with Gasteiger partial charge in [-0.1, -0.05) is 6.07 Å². The van der Waals surface area contributed by atoms with Crippen molar-refractivity contribution in [3.05, 3.63) is 30.1 Å². The summed E-state index contributed by atoms with van der Waals surface area (Å²) in [5.41, 5.74) is 1.32. The smallest absolute Gasteiger partial charge is 0.178 e. The Morgan fingerprint density at radius 2 is 2.00 bits per heavy atom. The van der Waals surface area contributed by atoms with Crippen molar-refractivity contribution in [1.82, 2.24) is 6.15 Å². The highest BCUT2D eigenvalue weighted by atomic mass is 79.9. The van der Waals surface area contributed by atoms with Crippen LogP contribution in [0.25, 0.3) is 0 Å². The van der Waals surface area contributed by atoms with Gasteiger partial charge in [-0.05, 0) is 6.92 Å². The lowest BCUT2D eigenvalue weighted by molar-refractivity contribution is -0.699. The Bertz CT molecular complexity index is 201. The molecule has 0 radical (unpaired) electrons. The predicted molar refractivity (Wildman–Crippen MR) is 52.4 cm³/mol. The topological polar surface area (TPSA) is 38.9 Å². The number of aryl methyl sites for hydroxylation is 2. The van der Waals surface area contributed by atoms with Crippen LogP contribution in [0, 0.1) is 6.92 Å². The van der Waals surface area contributed by atoms with E-state index in [0.717, 1.165) is 6.54 Å². The first-order valence-electron chi connectivity index (χ1n) is 3.29. The van der Waals surface area contributed by atoms with Crippen molar-refractivity contribution < 1.29 is 4.57 Å². The van der Waals surface area contributed by atoms with Crippen LogP contribution in [0.1, 0.15) is 12.6 Å². The number of halogens is 1. The van der Waals surface area contributed by atoms with Crippen LogP contribution < -0.4 is 10.7 Å². The van der Waals surface area contributed by atoms with Crippen LogP contribution in [0.5, 0.6) is 0 Å². The standard InChI is InChI=1S/C8H12N.BrH.H3N/c1-3-9-7-5-4-6-8(9)2;;/h4-7H,3H2,1-2H3;1H;1H3/q+1;;. The van der Waals surface area contributed by atoms with E-state index >= 15 is 0 Å². The monoisotopic (exact) mass is 219 g/mol. The fourth-order valence-corrected chi connectivity index (χ4v) is 0.917. The first-order valence-corrected chi connectivity index (χ1v) is 3.29. The third kappa shape index (κ3) is 3.49. The highest BCUT2D eigenvalue weighted by Gasteiger charge is 1.96. The van der Waals surface area contributed by atoms with E-state index in [0.29, 0.717) is 0 Å². The minimum atomic E-state index is 0. The summed E-state index contributed by atoms with van der Waals surface area (Å²) >= 11 is 0. The van der Waals surface area contributed by atoms with Crippen molar-refractivity contribution >= 4 is 17.0 Å². The zero-order valence-electron chi connectivity index (χ0n) is 7.08. The summed E-state index contributed by atoms with van der Waals surface area (Å²) in [4.78, 5) is 0. The first-order chi connectivity index (χ1) is 4.34. The molecule has 0 aliphatic rings. The lowest BCUT2D eigenvalue weighted by Crippen LogP contribution is -2.34. The molecular weight excluding hydrogens is 204 g/mol. The summed E-state index contributed by atoms with van der Waals surface area (Å²) in [5, 5.41) is 0. The molecule has 0 spiro atoms. The molecule has 64 valence electrons. The van der Waals surface area contributed by atoms with E-state index in [-0.39, 0.29) is 23.1 Å². The molecule has 11 heavy (non-hydrogen) atoms. The molecule has 0 fully saturated rings. The number of rotatable bonds is 1. The maximum Gasteiger partial charge on any atom is 0.178 e. The van der Waals surface area contributed by atoms with Crippen molar-refractivity contribution in [2.75, 3.05) is 0 Å². The van der Waals surface area contributed by atoms with E-state index in [1.165, 1.54) is 5.69 Å². The molecule has 3 N–H and O–H groups in total. The number of nitrogens with zero attached hydrogens (tertiary/aromatic N) is 1. The van der Waals surface area contributed by atoms with Gasteiger partial charge in [0.2, 0.25) is 0 Å². The van der Waals surface area contributed by atoms with Gasteiger partial charge >= 0.3 is 0 Å². The van der Waals surface area contributed by atoms with Gasteiger partial charge in [0, 0.05) is 19.1 Å². The Labute approximate surface area is 78.6 Å². The Morgan fingerprint density at radius 3 is 2.36 bits per heavy atom. The fraction of sp³-hybridized carbons (Fsp3) is 0.375. The molecule has 1 heterocycles. The molecule has 0 atom stereocenters. The zero-order valence-corrected chi connectivity index (χ0v) is 8.79. The van der Waals surface area contributed by atoms with Crippen molar-refractivity contribution in [2.24, 2.45) is 0 Å². The molecule has 1 rings (SSSR count). The number of hydrogen-bond acceptors (Lipinski definition) is 1. The van der Waals surface area contributed by atoms with Crippen LogP contribution >= 0.6 is 17.0 Å². The summed E-state index contributed by atoms with van der Waals surface area (Å²) in [5.74, 6) is 0. The molecule has 2 nitrogen and oxygen atoms in total. The minimum Gasteiger partial charge on any atom is -0.344 e. The van der Waals surface area contributed by atoms with Crippen LogP contribution in [0.2, 0.25) is 0 Å². The SMILES string of the molecule is Br.CC[n+]1ccccc1C.N. The molecule has 3 heteroatoms. The van der Waals surface area contributed by atoms with Crippen LogP contribution in [0.15, 0.2) is 24.4 Å². The number of aromatic nitrogens is 1. The highest BCUT2D eigenvalue weighted by molar-refractivity contribution is 8.93. The molecule has 0 saturated carbocycles. The van der Waals surface area contributed by atoms with Gasteiger partial charge in [-0.3, -0.25) is 0 Å². The number of pyridine rings is 1. The predicted octanol–water partition coefficient (Wildman–Crippen LogP) is 2.04. The van der Waals surface area contributed by atoms with E-state index in [9.17, 15) is 0 Å². The molecule has 0 aliphatic heterocycles. The van der Waals surface area contributed by atoms with Crippen molar-refractivity contribution in [2.45, 2.75) is 20.4 Å². The van der Waals surface area contributed by atoms with E-state index in [1.807, 2.05) is 0 Å². The van der Waals surface area contributed by atoms with Crippen molar-refractivity contribution in [3.63, 3.8) is 0 Å². The summed E-state index contributed by atoms with van der Waals surface area (Å²) in [6.45, 7) is 5.32. The fourth-order valence-electron chi connectivity index (χ4n) is 0.917. The Hall–Kier alpha value is -0.410. The molecule has 0 unspecified atom stereocenters. The maximum absolute atomic E-state index is 2.21. The summed E-state index contributed by atoms with van der Waals surface area (Å²) < 4.78 is 2.21. The third-order valence-electron chi connectivity index (χ3n) is 1.51. The van der Waals surface area contributed by atoms with Crippen LogP contribution in [-0.4, -0.2) is 0 Å². The summed E-state index contributed by atoms with van der Waals surface area (Å²) in [6.07, 6.45) is 2.09. The van der Waals surface area contributed by atoms with Gasteiger partial charge in [-0.2, -0.15) is 0 Å². The van der Waals surface area contributed by atoms with Gasteiger partial charge in [0.15, 0.2) is 11.9 Å². The highest BCUT2D eigenvalue weighted by Crippen LogP contribution is 1.85. The van der Waals surface area contributed by atoms with Crippen LogP contribution in [-0.2, 0) is 6.54 Å². The Kier molecular flexibility index (Phi) is 7.57. The molecule has 0 aromatic carbocycles.